The first-order chi connectivity index (χ1) is 16.0. The van der Waals surface area contributed by atoms with Crippen molar-refractivity contribution in [1.82, 2.24) is 5.32 Å². The van der Waals surface area contributed by atoms with Crippen molar-refractivity contribution in [1.29, 1.82) is 0 Å². The van der Waals surface area contributed by atoms with Crippen LogP contribution in [0, 0.1) is 34.5 Å². The Balaban J connectivity index is 1.52. The number of ketones is 2. The number of aliphatic hydroxyl groups excluding tert-OH is 1. The third kappa shape index (κ3) is 4.34. The average Bonchev–Trinajstić information content (AvgIpc) is 3.05. The number of hydrogen-bond acceptors (Lipinski definition) is 4. The summed E-state index contributed by atoms with van der Waals surface area (Å²) in [6.45, 7) is 10.6. The maximum Gasteiger partial charge on any atom is 0.216 e. The van der Waals surface area contributed by atoms with Crippen LogP contribution in [0.5, 0.6) is 0 Å². The van der Waals surface area contributed by atoms with E-state index in [-0.39, 0.29) is 40.3 Å². The predicted octanol–water partition coefficient (Wildman–Crippen LogP) is 4.93. The van der Waals surface area contributed by atoms with Crippen molar-refractivity contribution in [2.45, 2.75) is 98.5 Å². The fraction of sp³-hybridized carbons (Fsp3) is 0.759. The normalized spacial score (nSPS) is 39.4. The van der Waals surface area contributed by atoms with E-state index in [4.69, 9.17) is 0 Å². The summed E-state index contributed by atoms with van der Waals surface area (Å²) >= 11 is 0. The molecule has 188 valence electrons. The van der Waals surface area contributed by atoms with Crippen LogP contribution in [-0.2, 0) is 14.4 Å². The molecule has 0 saturated heterocycles. The number of aliphatic hydroxyl groups is 1. The van der Waals surface area contributed by atoms with Crippen LogP contribution in [0.2, 0.25) is 0 Å². The van der Waals surface area contributed by atoms with E-state index in [1.165, 1.54) is 12.5 Å². The number of carbonyl (C=O) groups excluding carboxylic acids is 3. The molecule has 0 radical (unpaired) electrons. The molecule has 3 fully saturated rings. The molecule has 0 aromatic carbocycles. The van der Waals surface area contributed by atoms with Gasteiger partial charge in [0.2, 0.25) is 5.91 Å². The molecule has 0 aromatic heterocycles. The summed E-state index contributed by atoms with van der Waals surface area (Å²) in [5.41, 5.74) is 2.87. The number of Topliss-reactive ketones (excluding diaryl/α,β-unsaturated/α-hetero) is 2. The number of nitrogens with one attached hydrogen (secondary N) is 1. The van der Waals surface area contributed by atoms with Crippen LogP contribution in [-0.4, -0.2) is 35.2 Å². The Hall–Kier alpha value is -1.75. The van der Waals surface area contributed by atoms with Gasteiger partial charge < -0.3 is 10.4 Å². The lowest BCUT2D eigenvalue weighted by Crippen LogP contribution is -2.49. The van der Waals surface area contributed by atoms with E-state index in [1.807, 2.05) is 13.8 Å². The van der Waals surface area contributed by atoms with Gasteiger partial charge in [0.05, 0.1) is 6.10 Å². The van der Waals surface area contributed by atoms with Crippen molar-refractivity contribution in [3.63, 3.8) is 0 Å². The SMILES string of the molecule is CC(=O)NC[C@H](C)CCC(=O)/C(C)=C1\C(=O)C[C@@H]2[C@H]3CC=C4C[C@@H](O)CC[C@]4(C)[C@@H]3CC[C@]12C. The van der Waals surface area contributed by atoms with E-state index in [2.05, 4.69) is 25.2 Å². The molecule has 1 amide bonds. The summed E-state index contributed by atoms with van der Waals surface area (Å²) in [6.07, 6.45) is 9.64. The van der Waals surface area contributed by atoms with Crippen molar-refractivity contribution in [2.24, 2.45) is 34.5 Å². The van der Waals surface area contributed by atoms with E-state index in [0.29, 0.717) is 49.1 Å². The second-order valence-electron chi connectivity index (χ2n) is 12.2. The fourth-order valence-corrected chi connectivity index (χ4v) is 8.03. The van der Waals surface area contributed by atoms with Crippen LogP contribution in [0.15, 0.2) is 22.8 Å². The zero-order valence-electron chi connectivity index (χ0n) is 21.7. The Kier molecular flexibility index (Phi) is 6.98. The Bertz CT molecular complexity index is 932. The smallest absolute Gasteiger partial charge is 0.216 e. The molecule has 5 nitrogen and oxygen atoms in total. The summed E-state index contributed by atoms with van der Waals surface area (Å²) in [7, 11) is 0. The molecule has 0 bridgehead atoms. The van der Waals surface area contributed by atoms with Gasteiger partial charge >= 0.3 is 0 Å². The largest absolute Gasteiger partial charge is 0.393 e. The van der Waals surface area contributed by atoms with Crippen LogP contribution in [0.1, 0.15) is 92.4 Å². The van der Waals surface area contributed by atoms with Crippen molar-refractivity contribution in [3.8, 4) is 0 Å². The first kappa shape index (κ1) is 25.3. The van der Waals surface area contributed by atoms with Gasteiger partial charge in [-0.1, -0.05) is 32.4 Å². The Morgan fingerprint density at radius 2 is 1.82 bits per heavy atom. The average molecular weight is 470 g/mol. The molecular weight excluding hydrogens is 426 g/mol. The minimum absolute atomic E-state index is 0.0504. The third-order valence-electron chi connectivity index (χ3n) is 10.1. The van der Waals surface area contributed by atoms with Gasteiger partial charge in [-0.3, -0.25) is 14.4 Å². The monoisotopic (exact) mass is 469 g/mol. The predicted molar refractivity (Wildman–Crippen MR) is 133 cm³/mol. The second kappa shape index (κ2) is 9.37. The van der Waals surface area contributed by atoms with E-state index in [9.17, 15) is 19.5 Å². The topological polar surface area (TPSA) is 83.5 Å². The molecule has 0 aliphatic heterocycles. The zero-order chi connectivity index (χ0) is 24.8. The maximum atomic E-state index is 13.4. The molecule has 2 N–H and O–H groups in total. The van der Waals surface area contributed by atoms with E-state index in [0.717, 1.165) is 44.1 Å². The number of rotatable bonds is 6. The Morgan fingerprint density at radius 1 is 1.12 bits per heavy atom. The first-order valence-corrected chi connectivity index (χ1v) is 13.4. The Labute approximate surface area is 204 Å². The highest BCUT2D eigenvalue weighted by Crippen LogP contribution is 2.65. The zero-order valence-corrected chi connectivity index (χ0v) is 21.7. The maximum absolute atomic E-state index is 13.4. The van der Waals surface area contributed by atoms with E-state index >= 15 is 0 Å². The van der Waals surface area contributed by atoms with Gasteiger partial charge in [-0.2, -0.15) is 0 Å². The van der Waals surface area contributed by atoms with Crippen LogP contribution in [0.25, 0.3) is 0 Å². The summed E-state index contributed by atoms with van der Waals surface area (Å²) in [5.74, 6) is 1.79. The molecule has 4 rings (SSSR count). The van der Waals surface area contributed by atoms with E-state index < -0.39 is 0 Å². The molecule has 0 aromatic rings. The molecule has 4 aliphatic carbocycles. The van der Waals surface area contributed by atoms with Crippen molar-refractivity contribution < 1.29 is 19.5 Å². The molecule has 0 heterocycles. The fourth-order valence-electron chi connectivity index (χ4n) is 8.03. The number of hydrogen-bond donors (Lipinski definition) is 2. The van der Waals surface area contributed by atoms with Gasteiger partial charge in [-0.05, 0) is 91.9 Å². The number of amides is 1. The minimum atomic E-state index is -0.213. The summed E-state index contributed by atoms with van der Waals surface area (Å²) in [5, 5.41) is 13.0. The lowest BCUT2D eigenvalue weighted by atomic mass is 9.47. The van der Waals surface area contributed by atoms with Crippen LogP contribution < -0.4 is 5.32 Å². The third-order valence-corrected chi connectivity index (χ3v) is 10.1. The molecule has 0 unspecified atom stereocenters. The lowest BCUT2D eigenvalue weighted by molar-refractivity contribution is -0.119. The van der Waals surface area contributed by atoms with Crippen LogP contribution >= 0.6 is 0 Å². The summed E-state index contributed by atoms with van der Waals surface area (Å²) in [6, 6.07) is 0. The highest BCUT2D eigenvalue weighted by molar-refractivity contribution is 6.08. The quantitative estimate of drug-likeness (QED) is 0.427. The molecule has 4 aliphatic rings. The Morgan fingerprint density at radius 3 is 2.53 bits per heavy atom. The van der Waals surface area contributed by atoms with Gasteiger partial charge in [0.1, 0.15) is 0 Å². The number of carbonyl (C=O) groups is 3. The van der Waals surface area contributed by atoms with Gasteiger partial charge in [-0.15, -0.1) is 0 Å². The van der Waals surface area contributed by atoms with Crippen molar-refractivity contribution >= 4 is 17.5 Å². The standard InChI is InChI=1S/C29H43NO4/c1-17(16-30-19(3)31)6-9-25(33)18(2)27-26(34)15-24-22-8-7-20-14-21(32)10-12-28(20,4)23(22)11-13-29(24,27)5/h7,17,21-24,32H,6,8-16H2,1-5H3,(H,30,31)/b27-18+/t17-,21+,22+,23-,24-,28+,29+/m1/s1. The van der Waals surface area contributed by atoms with E-state index in [1.54, 1.807) is 0 Å². The van der Waals surface area contributed by atoms with Gasteiger partial charge in [0.15, 0.2) is 11.6 Å². The van der Waals surface area contributed by atoms with Crippen LogP contribution in [0.4, 0.5) is 0 Å². The summed E-state index contributed by atoms with van der Waals surface area (Å²) < 4.78 is 0. The summed E-state index contributed by atoms with van der Waals surface area (Å²) in [4.78, 5) is 37.7. The molecule has 0 spiro atoms. The highest BCUT2D eigenvalue weighted by atomic mass is 16.3. The second-order valence-corrected chi connectivity index (χ2v) is 12.2. The van der Waals surface area contributed by atoms with Crippen molar-refractivity contribution in [2.75, 3.05) is 6.54 Å². The molecule has 7 atom stereocenters. The van der Waals surface area contributed by atoms with Crippen LogP contribution in [0.3, 0.4) is 0 Å². The molecule has 3 saturated carbocycles. The van der Waals surface area contributed by atoms with Gasteiger partial charge in [-0.25, -0.2) is 0 Å². The molecule has 34 heavy (non-hydrogen) atoms. The molecule has 5 heteroatoms. The van der Waals surface area contributed by atoms with Gasteiger partial charge in [0, 0.05) is 31.9 Å². The first-order valence-electron chi connectivity index (χ1n) is 13.4. The lowest BCUT2D eigenvalue weighted by Gasteiger charge is -2.57. The molecular formula is C29H43NO4. The number of allylic oxidation sites excluding steroid dienone is 3. The number of fused-ring (bicyclic) bond motifs is 5. The van der Waals surface area contributed by atoms with Gasteiger partial charge in [0.25, 0.3) is 0 Å². The van der Waals surface area contributed by atoms with Crippen molar-refractivity contribution in [3.05, 3.63) is 22.8 Å². The minimum Gasteiger partial charge on any atom is -0.393 e. The highest BCUT2D eigenvalue weighted by Gasteiger charge is 2.59.